The molecule has 1 saturated heterocycles. The predicted molar refractivity (Wildman–Crippen MR) is 134 cm³/mol. The van der Waals surface area contributed by atoms with Gasteiger partial charge in [0.25, 0.3) is 11.6 Å². The molecule has 2 aliphatic heterocycles. The topological polar surface area (TPSA) is 119 Å². The molecule has 1 unspecified atom stereocenters. The Hall–Kier alpha value is -4.53. The van der Waals surface area contributed by atoms with Gasteiger partial charge in [-0.15, -0.1) is 0 Å². The Balaban J connectivity index is 1.63. The van der Waals surface area contributed by atoms with Crippen molar-refractivity contribution in [3.8, 4) is 0 Å². The summed E-state index contributed by atoms with van der Waals surface area (Å²) >= 11 is 0. The third kappa shape index (κ3) is 4.67. The van der Waals surface area contributed by atoms with Crippen LogP contribution in [0.5, 0.6) is 0 Å². The Morgan fingerprint density at radius 3 is 2.35 bits per heavy atom. The second-order valence-corrected chi connectivity index (χ2v) is 9.08. The van der Waals surface area contributed by atoms with Crippen LogP contribution in [0.15, 0.2) is 78.9 Å². The van der Waals surface area contributed by atoms with E-state index in [0.717, 1.165) is 5.56 Å². The van der Waals surface area contributed by atoms with Crippen molar-refractivity contribution in [3.63, 3.8) is 0 Å². The van der Waals surface area contributed by atoms with Crippen molar-refractivity contribution in [1.29, 1.82) is 0 Å². The first kappa shape index (κ1) is 24.2. The number of carbonyl (C=O) groups excluding carboxylic acids is 3. The minimum Gasteiger partial charge on any atom is -0.464 e. The Bertz CT molecular complexity index is 1360. The number of nitrogens with zero attached hydrogens (tertiary/aromatic N) is 2. The highest BCUT2D eigenvalue weighted by molar-refractivity contribution is 6.02. The van der Waals surface area contributed by atoms with E-state index in [1.165, 1.54) is 6.07 Å². The summed E-state index contributed by atoms with van der Waals surface area (Å²) in [5.74, 6) is -2.29. The van der Waals surface area contributed by atoms with E-state index in [0.29, 0.717) is 24.0 Å². The molecule has 2 heterocycles. The molecule has 2 amide bonds. The lowest BCUT2D eigenvalue weighted by atomic mass is 9.78. The summed E-state index contributed by atoms with van der Waals surface area (Å²) in [7, 11) is 0. The van der Waals surface area contributed by atoms with Crippen LogP contribution in [0.2, 0.25) is 0 Å². The van der Waals surface area contributed by atoms with Crippen LogP contribution in [0, 0.1) is 10.1 Å². The van der Waals surface area contributed by atoms with E-state index in [9.17, 15) is 24.5 Å². The normalized spacial score (nSPS) is 20.8. The zero-order valence-electron chi connectivity index (χ0n) is 19.9. The fraction of sp³-hybridized carbons (Fsp3) is 0.250. The monoisotopic (exact) mass is 499 g/mol. The van der Waals surface area contributed by atoms with Crippen molar-refractivity contribution in [1.82, 2.24) is 10.2 Å². The van der Waals surface area contributed by atoms with E-state index in [1.807, 2.05) is 30.3 Å². The number of fused-ring (bicyclic) bond motifs is 1. The molecule has 3 atom stereocenters. The number of amides is 2. The van der Waals surface area contributed by atoms with Crippen molar-refractivity contribution in [2.75, 3.05) is 13.2 Å². The average molecular weight is 500 g/mol. The summed E-state index contributed by atoms with van der Waals surface area (Å²) in [6, 6.07) is 20.8. The van der Waals surface area contributed by atoms with E-state index >= 15 is 0 Å². The molecule has 3 aromatic rings. The largest absolute Gasteiger partial charge is 0.464 e. The van der Waals surface area contributed by atoms with E-state index in [2.05, 4.69) is 5.32 Å². The predicted octanol–water partition coefficient (Wildman–Crippen LogP) is 3.55. The van der Waals surface area contributed by atoms with Crippen molar-refractivity contribution in [2.45, 2.75) is 30.8 Å². The van der Waals surface area contributed by atoms with Crippen molar-refractivity contribution < 1.29 is 24.0 Å². The second-order valence-electron chi connectivity index (χ2n) is 9.08. The van der Waals surface area contributed by atoms with Gasteiger partial charge in [0.2, 0.25) is 5.91 Å². The molecule has 3 aromatic carbocycles. The van der Waals surface area contributed by atoms with Gasteiger partial charge in [-0.3, -0.25) is 19.7 Å². The Morgan fingerprint density at radius 2 is 1.65 bits per heavy atom. The summed E-state index contributed by atoms with van der Waals surface area (Å²) in [6.45, 7) is 0.448. The Morgan fingerprint density at radius 1 is 0.973 bits per heavy atom. The molecule has 9 nitrogen and oxygen atoms in total. The number of carbonyl (C=O) groups is 3. The van der Waals surface area contributed by atoms with Crippen LogP contribution >= 0.6 is 0 Å². The summed E-state index contributed by atoms with van der Waals surface area (Å²) in [6.07, 6.45) is 0.834. The minimum absolute atomic E-state index is 0.178. The lowest BCUT2D eigenvalue weighted by Crippen LogP contribution is -2.50. The maximum absolute atomic E-state index is 13.8. The van der Waals surface area contributed by atoms with Crippen LogP contribution in [0.25, 0.3) is 0 Å². The highest BCUT2D eigenvalue weighted by Gasteiger charge is 2.47. The van der Waals surface area contributed by atoms with Gasteiger partial charge in [0.05, 0.1) is 29.1 Å². The SMILES string of the molecule is O=C1OCCC1NC(=O)[C@H]1c2ccccc2C(=O)N(CCc2ccccc2)[C@H]1c1ccccc1[N+](=O)[O-]. The molecule has 0 radical (unpaired) electrons. The van der Waals surface area contributed by atoms with E-state index in [1.54, 1.807) is 47.4 Å². The number of nitro benzene ring substituents is 1. The van der Waals surface area contributed by atoms with E-state index < -0.39 is 34.8 Å². The van der Waals surface area contributed by atoms with Crippen LogP contribution < -0.4 is 5.32 Å². The molecule has 1 N–H and O–H groups in total. The smallest absolute Gasteiger partial charge is 0.328 e. The number of hydrogen-bond donors (Lipinski definition) is 1. The first-order chi connectivity index (χ1) is 18.0. The van der Waals surface area contributed by atoms with Crippen LogP contribution in [-0.4, -0.2) is 46.8 Å². The molecular formula is C28H25N3O6. The van der Waals surface area contributed by atoms with Gasteiger partial charge in [0, 0.05) is 24.6 Å². The molecule has 9 heteroatoms. The van der Waals surface area contributed by atoms with E-state index in [-0.39, 0.29) is 30.3 Å². The summed E-state index contributed by atoms with van der Waals surface area (Å²) in [5, 5.41) is 14.8. The number of cyclic esters (lactones) is 1. The van der Waals surface area contributed by atoms with Crippen molar-refractivity contribution in [3.05, 3.63) is 111 Å². The first-order valence-corrected chi connectivity index (χ1v) is 12.1. The number of benzene rings is 3. The fourth-order valence-corrected chi connectivity index (χ4v) is 5.15. The molecule has 2 aliphatic rings. The van der Waals surface area contributed by atoms with Crippen LogP contribution in [0.1, 0.15) is 45.4 Å². The molecule has 0 spiro atoms. The Labute approximate surface area is 213 Å². The van der Waals surface area contributed by atoms with Gasteiger partial charge in [0.1, 0.15) is 6.04 Å². The molecule has 0 aromatic heterocycles. The summed E-state index contributed by atoms with van der Waals surface area (Å²) < 4.78 is 5.00. The number of nitrogens with one attached hydrogen (secondary N) is 1. The van der Waals surface area contributed by atoms with Gasteiger partial charge in [-0.05, 0) is 23.6 Å². The lowest BCUT2D eigenvalue weighted by Gasteiger charge is -2.41. The second kappa shape index (κ2) is 10.2. The highest BCUT2D eigenvalue weighted by Crippen LogP contribution is 2.45. The zero-order chi connectivity index (χ0) is 25.9. The molecule has 5 rings (SSSR count). The maximum Gasteiger partial charge on any atom is 0.328 e. The van der Waals surface area contributed by atoms with Crippen molar-refractivity contribution in [2.24, 2.45) is 0 Å². The number of rotatable bonds is 7. The number of esters is 1. The summed E-state index contributed by atoms with van der Waals surface area (Å²) in [4.78, 5) is 52.8. The van der Waals surface area contributed by atoms with Gasteiger partial charge in [-0.2, -0.15) is 0 Å². The quantitative estimate of drug-likeness (QED) is 0.302. The molecule has 0 aliphatic carbocycles. The van der Waals surface area contributed by atoms with Gasteiger partial charge in [0.15, 0.2) is 0 Å². The third-order valence-electron chi connectivity index (χ3n) is 6.91. The van der Waals surface area contributed by atoms with Gasteiger partial charge < -0.3 is 15.0 Å². The average Bonchev–Trinajstić information content (AvgIpc) is 3.32. The van der Waals surface area contributed by atoms with Crippen LogP contribution in [-0.2, 0) is 20.7 Å². The number of ether oxygens (including phenoxy) is 1. The maximum atomic E-state index is 13.8. The first-order valence-electron chi connectivity index (χ1n) is 12.1. The molecule has 1 fully saturated rings. The number of para-hydroxylation sites is 1. The highest BCUT2D eigenvalue weighted by atomic mass is 16.6. The number of hydrogen-bond acceptors (Lipinski definition) is 6. The molecule has 0 saturated carbocycles. The van der Waals surface area contributed by atoms with E-state index in [4.69, 9.17) is 4.74 Å². The van der Waals surface area contributed by atoms with Gasteiger partial charge in [-0.1, -0.05) is 66.7 Å². The lowest BCUT2D eigenvalue weighted by molar-refractivity contribution is -0.386. The van der Waals surface area contributed by atoms with Crippen molar-refractivity contribution >= 4 is 23.5 Å². The number of nitro groups is 1. The van der Waals surface area contributed by atoms with Gasteiger partial charge >= 0.3 is 5.97 Å². The third-order valence-corrected chi connectivity index (χ3v) is 6.91. The zero-order valence-corrected chi connectivity index (χ0v) is 19.9. The van der Waals surface area contributed by atoms with Crippen LogP contribution in [0.4, 0.5) is 5.69 Å². The Kier molecular flexibility index (Phi) is 6.68. The minimum atomic E-state index is -0.973. The van der Waals surface area contributed by atoms with Crippen LogP contribution in [0.3, 0.4) is 0 Å². The standard InChI is InChI=1S/C28H25N3O6/c32-26(29-22-15-17-37-28(22)34)24-19-10-4-5-11-20(19)27(33)30(16-14-18-8-2-1-3-9-18)25(24)21-12-6-7-13-23(21)31(35)36/h1-13,22,24-25H,14-17H2,(H,29,32)/t22?,24-,25-/m0/s1. The molecular weight excluding hydrogens is 474 g/mol. The summed E-state index contributed by atoms with van der Waals surface area (Å²) in [5.41, 5.74) is 1.90. The molecule has 188 valence electrons. The molecule has 0 bridgehead atoms. The fourth-order valence-electron chi connectivity index (χ4n) is 5.15. The van der Waals surface area contributed by atoms with Gasteiger partial charge in [-0.25, -0.2) is 4.79 Å². The molecule has 37 heavy (non-hydrogen) atoms.